The Morgan fingerprint density at radius 3 is 2.94 bits per heavy atom. The highest BCUT2D eigenvalue weighted by Gasteiger charge is 2.10. The van der Waals surface area contributed by atoms with E-state index >= 15 is 0 Å². The predicted octanol–water partition coefficient (Wildman–Crippen LogP) is 2.44. The second-order valence-corrected chi connectivity index (χ2v) is 4.41. The van der Waals surface area contributed by atoms with Crippen molar-refractivity contribution in [1.82, 2.24) is 4.98 Å². The molecule has 0 saturated heterocycles. The first kappa shape index (κ1) is 11.6. The summed E-state index contributed by atoms with van der Waals surface area (Å²) in [6, 6.07) is 4.83. The van der Waals surface area contributed by atoms with Crippen molar-refractivity contribution in [3.05, 3.63) is 45.9 Å². The van der Waals surface area contributed by atoms with Gasteiger partial charge in [0.1, 0.15) is 5.75 Å². The van der Waals surface area contributed by atoms with Gasteiger partial charge in [0.15, 0.2) is 0 Å². The molecule has 0 saturated carbocycles. The molecule has 2 rings (SSSR count). The third-order valence-corrected chi connectivity index (χ3v) is 3.13. The molecule has 4 nitrogen and oxygen atoms in total. The highest BCUT2D eigenvalue weighted by Crippen LogP contribution is 2.23. The Morgan fingerprint density at radius 1 is 1.53 bits per heavy atom. The molecule has 88 valence electrons. The molecule has 0 aliphatic rings. The van der Waals surface area contributed by atoms with Gasteiger partial charge >= 0.3 is 5.97 Å². The average Bonchev–Trinajstić information content (AvgIpc) is 2.81. The van der Waals surface area contributed by atoms with E-state index < -0.39 is 5.97 Å². The van der Waals surface area contributed by atoms with E-state index in [0.29, 0.717) is 12.2 Å². The summed E-state index contributed by atoms with van der Waals surface area (Å²) in [5.41, 5.74) is 1.10. The van der Waals surface area contributed by atoms with Crippen LogP contribution >= 0.6 is 11.3 Å². The Hall–Kier alpha value is -1.88. The van der Waals surface area contributed by atoms with Crippen LogP contribution < -0.4 is 4.74 Å². The molecule has 0 bridgehead atoms. The average molecular weight is 249 g/mol. The van der Waals surface area contributed by atoms with Gasteiger partial charge in [-0.3, -0.25) is 0 Å². The number of aromatic carboxylic acids is 1. The Morgan fingerprint density at radius 2 is 2.35 bits per heavy atom. The van der Waals surface area contributed by atoms with Crippen molar-refractivity contribution in [3.63, 3.8) is 0 Å². The normalized spacial score (nSPS) is 10.2. The molecule has 0 unspecified atom stereocenters. The summed E-state index contributed by atoms with van der Waals surface area (Å²) in [5.74, 6) is -0.252. The van der Waals surface area contributed by atoms with E-state index in [1.807, 2.05) is 5.38 Å². The van der Waals surface area contributed by atoms with Crippen LogP contribution in [0, 0.1) is 0 Å². The molecule has 5 heteroatoms. The number of thiazole rings is 1. The second-order valence-electron chi connectivity index (χ2n) is 3.43. The third-order valence-electron chi connectivity index (χ3n) is 2.35. The molecular formula is C12H11NO3S. The number of carbonyl (C=O) groups is 1. The van der Waals surface area contributed by atoms with Gasteiger partial charge in [0.2, 0.25) is 0 Å². The van der Waals surface area contributed by atoms with Crippen LogP contribution in [0.15, 0.2) is 29.8 Å². The van der Waals surface area contributed by atoms with Crippen molar-refractivity contribution >= 4 is 17.3 Å². The van der Waals surface area contributed by atoms with E-state index in [4.69, 9.17) is 9.84 Å². The fourth-order valence-corrected chi connectivity index (χ4v) is 2.19. The predicted molar refractivity (Wildman–Crippen MR) is 64.9 cm³/mol. The summed E-state index contributed by atoms with van der Waals surface area (Å²) >= 11 is 1.54. The zero-order chi connectivity index (χ0) is 12.3. The quantitative estimate of drug-likeness (QED) is 0.904. The minimum Gasteiger partial charge on any atom is -0.496 e. The number of benzene rings is 1. The van der Waals surface area contributed by atoms with Crippen LogP contribution in [0.2, 0.25) is 0 Å². The largest absolute Gasteiger partial charge is 0.496 e. The number of aromatic nitrogens is 1. The number of rotatable bonds is 4. The molecule has 1 N–H and O–H groups in total. The SMILES string of the molecule is COc1ccc(C(=O)O)cc1Cc1nccs1. The number of hydrogen-bond donors (Lipinski definition) is 1. The first-order valence-corrected chi connectivity index (χ1v) is 5.87. The van der Waals surface area contributed by atoms with Crippen molar-refractivity contribution < 1.29 is 14.6 Å². The lowest BCUT2D eigenvalue weighted by Gasteiger charge is -2.08. The van der Waals surface area contributed by atoms with E-state index in [1.54, 1.807) is 25.4 Å². The van der Waals surface area contributed by atoms with Crippen LogP contribution in [0.3, 0.4) is 0 Å². The maximum atomic E-state index is 10.9. The second kappa shape index (κ2) is 4.97. The maximum absolute atomic E-state index is 10.9. The number of carboxylic acids is 1. The molecule has 0 spiro atoms. The van der Waals surface area contributed by atoms with Crippen molar-refractivity contribution in [2.75, 3.05) is 7.11 Å². The monoisotopic (exact) mass is 249 g/mol. The van der Waals surface area contributed by atoms with E-state index in [1.165, 1.54) is 17.4 Å². The summed E-state index contributed by atoms with van der Waals surface area (Å²) < 4.78 is 5.21. The number of hydrogen-bond acceptors (Lipinski definition) is 4. The van der Waals surface area contributed by atoms with E-state index in [0.717, 1.165) is 10.6 Å². The smallest absolute Gasteiger partial charge is 0.335 e. The van der Waals surface area contributed by atoms with Crippen molar-refractivity contribution in [3.8, 4) is 5.75 Å². The van der Waals surface area contributed by atoms with Gasteiger partial charge in [-0.15, -0.1) is 11.3 Å². The number of nitrogens with zero attached hydrogens (tertiary/aromatic N) is 1. The minimum atomic E-state index is -0.937. The summed E-state index contributed by atoms with van der Waals surface area (Å²) in [6.07, 6.45) is 2.31. The van der Waals surface area contributed by atoms with Gasteiger partial charge in [0, 0.05) is 23.6 Å². The van der Waals surface area contributed by atoms with Gasteiger partial charge in [0.25, 0.3) is 0 Å². The van der Waals surface area contributed by atoms with Crippen LogP contribution in [-0.2, 0) is 6.42 Å². The van der Waals surface area contributed by atoms with Gasteiger partial charge in [0.05, 0.1) is 17.7 Å². The molecule has 17 heavy (non-hydrogen) atoms. The number of methoxy groups -OCH3 is 1. The topological polar surface area (TPSA) is 59.4 Å². The van der Waals surface area contributed by atoms with Gasteiger partial charge in [-0.25, -0.2) is 9.78 Å². The van der Waals surface area contributed by atoms with Crippen LogP contribution in [0.5, 0.6) is 5.75 Å². The molecule has 0 atom stereocenters. The summed E-state index contributed by atoms with van der Waals surface area (Å²) in [4.78, 5) is 15.1. The Bertz CT molecular complexity index is 523. The Balaban J connectivity index is 2.35. The van der Waals surface area contributed by atoms with Crippen LogP contribution in [0.25, 0.3) is 0 Å². The zero-order valence-electron chi connectivity index (χ0n) is 9.21. The molecule has 0 radical (unpaired) electrons. The van der Waals surface area contributed by atoms with Crippen LogP contribution in [-0.4, -0.2) is 23.2 Å². The molecule has 0 fully saturated rings. The summed E-state index contributed by atoms with van der Waals surface area (Å²) in [6.45, 7) is 0. The van der Waals surface area contributed by atoms with Crippen LogP contribution in [0.1, 0.15) is 20.9 Å². The first-order valence-electron chi connectivity index (χ1n) is 4.99. The highest BCUT2D eigenvalue weighted by molar-refractivity contribution is 7.09. The molecule has 0 aliphatic carbocycles. The zero-order valence-corrected chi connectivity index (χ0v) is 10.0. The van der Waals surface area contributed by atoms with Gasteiger partial charge in [-0.1, -0.05) is 0 Å². The van der Waals surface area contributed by atoms with Crippen molar-refractivity contribution in [2.45, 2.75) is 6.42 Å². The standard InChI is InChI=1S/C12H11NO3S/c1-16-10-3-2-8(12(14)15)6-9(10)7-11-13-4-5-17-11/h2-6H,7H2,1H3,(H,14,15). The third kappa shape index (κ3) is 2.62. The van der Waals surface area contributed by atoms with Crippen molar-refractivity contribution in [1.29, 1.82) is 0 Å². The summed E-state index contributed by atoms with van der Waals surface area (Å²) in [5, 5.41) is 11.8. The molecule has 0 aliphatic heterocycles. The van der Waals surface area contributed by atoms with Crippen molar-refractivity contribution in [2.24, 2.45) is 0 Å². The fraction of sp³-hybridized carbons (Fsp3) is 0.167. The van der Waals surface area contributed by atoms with E-state index in [9.17, 15) is 4.79 Å². The minimum absolute atomic E-state index is 0.261. The molecule has 2 aromatic rings. The number of ether oxygens (including phenoxy) is 1. The first-order chi connectivity index (χ1) is 8.20. The molecule has 1 aromatic heterocycles. The molecular weight excluding hydrogens is 238 g/mol. The van der Waals surface area contributed by atoms with Gasteiger partial charge in [-0.2, -0.15) is 0 Å². The van der Waals surface area contributed by atoms with Gasteiger partial charge in [-0.05, 0) is 18.2 Å². The highest BCUT2D eigenvalue weighted by atomic mass is 32.1. The fourth-order valence-electron chi connectivity index (χ4n) is 1.55. The molecule has 1 aromatic carbocycles. The lowest BCUT2D eigenvalue weighted by molar-refractivity contribution is 0.0696. The van der Waals surface area contributed by atoms with E-state index in [2.05, 4.69) is 4.98 Å². The lowest BCUT2D eigenvalue weighted by atomic mass is 10.1. The molecule has 1 heterocycles. The molecule has 0 amide bonds. The Labute approximate surface area is 103 Å². The Kier molecular flexibility index (Phi) is 3.39. The van der Waals surface area contributed by atoms with Crippen LogP contribution in [0.4, 0.5) is 0 Å². The van der Waals surface area contributed by atoms with Gasteiger partial charge < -0.3 is 9.84 Å². The number of carboxylic acid groups (broad SMARTS) is 1. The van der Waals surface area contributed by atoms with E-state index in [-0.39, 0.29) is 5.56 Å². The lowest BCUT2D eigenvalue weighted by Crippen LogP contribution is -2.00. The maximum Gasteiger partial charge on any atom is 0.335 e. The summed E-state index contributed by atoms with van der Waals surface area (Å²) in [7, 11) is 1.57.